The summed E-state index contributed by atoms with van der Waals surface area (Å²) in [5.74, 6) is -1.35. The molecule has 1 N–H and O–H groups in total. The fraction of sp³-hybridized carbons (Fsp3) is 0.533. The van der Waals surface area contributed by atoms with Gasteiger partial charge in [0.1, 0.15) is 6.54 Å². The predicted molar refractivity (Wildman–Crippen MR) is 80.8 cm³/mol. The Morgan fingerprint density at radius 1 is 1.33 bits per heavy atom. The van der Waals surface area contributed by atoms with E-state index in [1.165, 1.54) is 11.0 Å². The van der Waals surface area contributed by atoms with Crippen LogP contribution >= 0.6 is 0 Å². The van der Waals surface area contributed by atoms with E-state index < -0.39 is 11.5 Å². The largest absolute Gasteiger partial charge is 0.480 e. The van der Waals surface area contributed by atoms with E-state index in [0.717, 1.165) is 17.0 Å². The summed E-state index contributed by atoms with van der Waals surface area (Å²) < 4.78 is 1.75. The smallest absolute Gasteiger partial charge is 0.323 e. The lowest BCUT2D eigenvalue weighted by atomic mass is 10.1. The van der Waals surface area contributed by atoms with Gasteiger partial charge in [-0.15, -0.1) is 0 Å². The molecule has 0 unspecified atom stereocenters. The Morgan fingerprint density at radius 3 is 2.29 bits per heavy atom. The lowest BCUT2D eigenvalue weighted by Crippen LogP contribution is -2.47. The van der Waals surface area contributed by atoms with Gasteiger partial charge in [0.2, 0.25) is 5.91 Å². The Morgan fingerprint density at radius 2 is 1.90 bits per heavy atom. The summed E-state index contributed by atoms with van der Waals surface area (Å²) in [7, 11) is 1.84. The van der Waals surface area contributed by atoms with Gasteiger partial charge in [-0.25, -0.2) is 0 Å². The van der Waals surface area contributed by atoms with E-state index in [4.69, 9.17) is 5.11 Å². The van der Waals surface area contributed by atoms with Gasteiger partial charge in [0, 0.05) is 29.9 Å². The summed E-state index contributed by atoms with van der Waals surface area (Å²) in [6.45, 7) is 8.89. The van der Waals surface area contributed by atoms with Crippen LogP contribution in [0.5, 0.6) is 0 Å². The number of aryl methyl sites for hydroxylation is 2. The molecule has 116 valence electrons. The Balaban J connectivity index is 3.01. The number of nitrogens with zero attached hydrogens (tertiary/aromatic N) is 3. The number of rotatable bonds is 4. The first-order valence-corrected chi connectivity index (χ1v) is 6.75. The van der Waals surface area contributed by atoms with Gasteiger partial charge in [0.15, 0.2) is 0 Å². The summed E-state index contributed by atoms with van der Waals surface area (Å²) in [5, 5.41) is 13.2. The summed E-state index contributed by atoms with van der Waals surface area (Å²) in [5.41, 5.74) is 2.12. The van der Waals surface area contributed by atoms with Gasteiger partial charge < -0.3 is 10.0 Å². The van der Waals surface area contributed by atoms with Crippen molar-refractivity contribution in [2.24, 2.45) is 7.05 Å². The second-order valence-electron chi connectivity index (χ2n) is 6.03. The minimum atomic E-state index is -1.03. The fourth-order valence-corrected chi connectivity index (χ4v) is 2.06. The highest BCUT2D eigenvalue weighted by atomic mass is 16.4. The Hall–Kier alpha value is -2.11. The molecular formula is C15H23N3O3. The lowest BCUT2D eigenvalue weighted by molar-refractivity contribution is -0.145. The van der Waals surface area contributed by atoms with E-state index in [9.17, 15) is 9.59 Å². The lowest BCUT2D eigenvalue weighted by Gasteiger charge is -2.33. The summed E-state index contributed by atoms with van der Waals surface area (Å²) in [6, 6.07) is 0. The highest BCUT2D eigenvalue weighted by molar-refractivity contribution is 5.94. The van der Waals surface area contributed by atoms with Crippen molar-refractivity contribution in [3.63, 3.8) is 0 Å². The molecule has 0 saturated carbocycles. The van der Waals surface area contributed by atoms with Gasteiger partial charge in [-0.2, -0.15) is 5.10 Å². The van der Waals surface area contributed by atoms with Crippen LogP contribution in [-0.4, -0.2) is 43.7 Å². The van der Waals surface area contributed by atoms with Crippen molar-refractivity contribution in [2.75, 3.05) is 6.54 Å². The minimum Gasteiger partial charge on any atom is -0.480 e. The predicted octanol–water partition coefficient (Wildman–Crippen LogP) is 1.76. The minimum absolute atomic E-state index is 0.322. The molecule has 0 radical (unpaired) electrons. The van der Waals surface area contributed by atoms with Crippen molar-refractivity contribution in [3.8, 4) is 0 Å². The van der Waals surface area contributed by atoms with Crippen LogP contribution < -0.4 is 0 Å². The van der Waals surface area contributed by atoms with Crippen LogP contribution in [-0.2, 0) is 16.6 Å². The van der Waals surface area contributed by atoms with Crippen LogP contribution in [0.2, 0.25) is 0 Å². The van der Waals surface area contributed by atoms with Crippen molar-refractivity contribution >= 4 is 18.0 Å². The maximum Gasteiger partial charge on any atom is 0.323 e. The molecule has 6 nitrogen and oxygen atoms in total. The van der Waals surface area contributed by atoms with Crippen molar-refractivity contribution in [3.05, 3.63) is 23.0 Å². The third-order valence-corrected chi connectivity index (χ3v) is 3.33. The first-order valence-electron chi connectivity index (χ1n) is 6.75. The number of carboxylic acids is 1. The number of carbonyl (C=O) groups excluding carboxylic acids is 1. The summed E-state index contributed by atoms with van der Waals surface area (Å²) in [4.78, 5) is 24.5. The second kappa shape index (κ2) is 6.11. The monoisotopic (exact) mass is 293 g/mol. The Bertz CT molecular complexity index is 580. The highest BCUT2D eigenvalue weighted by Crippen LogP contribution is 2.16. The topological polar surface area (TPSA) is 75.4 Å². The number of amides is 1. The van der Waals surface area contributed by atoms with E-state index in [1.54, 1.807) is 10.8 Å². The van der Waals surface area contributed by atoms with Gasteiger partial charge in [-0.05, 0) is 40.7 Å². The molecule has 1 amide bonds. The third-order valence-electron chi connectivity index (χ3n) is 3.33. The standard InChI is InChI=1S/C15H23N3O3/c1-10-12(11(2)17(6)16-10)7-8-13(19)18(9-14(20)21)15(3,4)5/h7-8H,9H2,1-6H3,(H,20,21). The van der Waals surface area contributed by atoms with Crippen molar-refractivity contribution in [1.82, 2.24) is 14.7 Å². The molecule has 1 rings (SSSR count). The number of carbonyl (C=O) groups is 2. The van der Waals surface area contributed by atoms with E-state index in [0.29, 0.717) is 0 Å². The van der Waals surface area contributed by atoms with Gasteiger partial charge in [-0.3, -0.25) is 14.3 Å². The zero-order valence-corrected chi connectivity index (χ0v) is 13.5. The van der Waals surface area contributed by atoms with Crippen molar-refractivity contribution in [1.29, 1.82) is 0 Å². The van der Waals surface area contributed by atoms with Crippen LogP contribution in [0.3, 0.4) is 0 Å². The molecule has 0 aliphatic carbocycles. The van der Waals surface area contributed by atoms with Crippen molar-refractivity contribution in [2.45, 2.75) is 40.2 Å². The highest BCUT2D eigenvalue weighted by Gasteiger charge is 2.26. The Labute approximate surface area is 125 Å². The number of aromatic nitrogens is 2. The number of hydrogen-bond acceptors (Lipinski definition) is 3. The molecule has 21 heavy (non-hydrogen) atoms. The second-order valence-corrected chi connectivity index (χ2v) is 6.03. The molecule has 0 fully saturated rings. The average Bonchev–Trinajstić information content (AvgIpc) is 2.56. The molecule has 1 aromatic heterocycles. The molecular weight excluding hydrogens is 270 g/mol. The normalized spacial score (nSPS) is 11.9. The summed E-state index contributed by atoms with van der Waals surface area (Å²) in [6.07, 6.45) is 3.10. The van der Waals surface area contributed by atoms with Crippen LogP contribution in [0.4, 0.5) is 0 Å². The average molecular weight is 293 g/mol. The number of hydrogen-bond donors (Lipinski definition) is 1. The van der Waals surface area contributed by atoms with Crippen LogP contribution in [0.25, 0.3) is 6.08 Å². The van der Waals surface area contributed by atoms with E-state index in [2.05, 4.69) is 5.10 Å². The Kier molecular flexibility index (Phi) is 4.93. The molecule has 6 heteroatoms. The zero-order chi connectivity index (χ0) is 16.4. The van der Waals surface area contributed by atoms with Gasteiger partial charge in [0.25, 0.3) is 0 Å². The van der Waals surface area contributed by atoms with Crippen LogP contribution in [0.15, 0.2) is 6.08 Å². The van der Waals surface area contributed by atoms with Crippen LogP contribution in [0, 0.1) is 13.8 Å². The first kappa shape index (κ1) is 16.9. The molecule has 0 saturated heterocycles. The summed E-state index contributed by atoms with van der Waals surface area (Å²) >= 11 is 0. The van der Waals surface area contributed by atoms with Crippen molar-refractivity contribution < 1.29 is 14.7 Å². The van der Waals surface area contributed by atoms with Gasteiger partial charge in [0.05, 0.1) is 5.69 Å². The fourth-order valence-electron chi connectivity index (χ4n) is 2.06. The molecule has 0 atom stereocenters. The molecule has 0 aromatic carbocycles. The maximum atomic E-state index is 12.3. The van der Waals surface area contributed by atoms with E-state index in [1.807, 2.05) is 41.7 Å². The molecule has 0 aliphatic heterocycles. The molecule has 1 aromatic rings. The van der Waals surface area contributed by atoms with E-state index >= 15 is 0 Å². The first-order chi connectivity index (χ1) is 9.54. The van der Waals surface area contributed by atoms with E-state index in [-0.39, 0.29) is 12.5 Å². The molecule has 0 aliphatic rings. The zero-order valence-electron chi connectivity index (χ0n) is 13.5. The molecule has 0 bridgehead atoms. The number of carboxylic acid groups (broad SMARTS) is 1. The van der Waals surface area contributed by atoms with Gasteiger partial charge in [-0.1, -0.05) is 0 Å². The maximum absolute atomic E-state index is 12.3. The molecule has 1 heterocycles. The SMILES string of the molecule is Cc1nn(C)c(C)c1C=CC(=O)N(CC(=O)O)C(C)(C)C. The number of aliphatic carboxylic acids is 1. The van der Waals surface area contributed by atoms with Crippen LogP contribution in [0.1, 0.15) is 37.7 Å². The van der Waals surface area contributed by atoms with Gasteiger partial charge >= 0.3 is 5.97 Å². The quantitative estimate of drug-likeness (QED) is 0.858. The molecule has 0 spiro atoms. The third kappa shape index (κ3) is 4.18.